The van der Waals surface area contributed by atoms with Crippen LogP contribution in [0.4, 0.5) is 11.4 Å². The molecule has 3 N–H and O–H groups in total. The predicted molar refractivity (Wildman–Crippen MR) is 63.4 cm³/mol. The summed E-state index contributed by atoms with van der Waals surface area (Å²) < 4.78 is 0. The lowest BCUT2D eigenvalue weighted by molar-refractivity contribution is -0.124. The van der Waals surface area contributed by atoms with E-state index in [2.05, 4.69) is 10.3 Å². The molecule has 0 radical (unpaired) electrons. The standard InChI is InChI=1S/C11H14N4O2/c1-7(4-12)11(17)15-6-10(16)14-8-5-13-3-2-9(8)15/h2-3,5,7H,4,6,12H2,1H3,(H,14,16). The van der Waals surface area contributed by atoms with Gasteiger partial charge in [0.05, 0.1) is 17.6 Å². The van der Waals surface area contributed by atoms with Crippen molar-refractivity contribution < 1.29 is 9.59 Å². The first kappa shape index (κ1) is 11.5. The Hall–Kier alpha value is -1.95. The summed E-state index contributed by atoms with van der Waals surface area (Å²) in [5.41, 5.74) is 6.70. The quantitative estimate of drug-likeness (QED) is 0.751. The highest BCUT2D eigenvalue weighted by Crippen LogP contribution is 2.28. The van der Waals surface area contributed by atoms with Crippen LogP contribution in [0.2, 0.25) is 0 Å². The van der Waals surface area contributed by atoms with Crippen LogP contribution in [0.1, 0.15) is 6.92 Å². The third kappa shape index (κ3) is 2.12. The van der Waals surface area contributed by atoms with E-state index in [4.69, 9.17) is 5.73 Å². The number of hydrogen-bond acceptors (Lipinski definition) is 4. The van der Waals surface area contributed by atoms with Gasteiger partial charge in [0, 0.05) is 18.7 Å². The molecule has 0 saturated carbocycles. The number of nitrogens with two attached hydrogens (primary N) is 1. The minimum absolute atomic E-state index is 0.0280. The number of amides is 2. The number of rotatable bonds is 2. The molecule has 1 aromatic rings. The molecular weight excluding hydrogens is 220 g/mol. The van der Waals surface area contributed by atoms with Gasteiger partial charge in [-0.25, -0.2) is 0 Å². The van der Waals surface area contributed by atoms with Crippen molar-refractivity contribution in [2.24, 2.45) is 11.7 Å². The lowest BCUT2D eigenvalue weighted by Gasteiger charge is -2.30. The van der Waals surface area contributed by atoms with Gasteiger partial charge in [-0.1, -0.05) is 6.92 Å². The minimum Gasteiger partial charge on any atom is -0.330 e. The number of pyridine rings is 1. The fraction of sp³-hybridized carbons (Fsp3) is 0.364. The summed E-state index contributed by atoms with van der Waals surface area (Å²) in [5.74, 6) is -0.667. The van der Waals surface area contributed by atoms with E-state index >= 15 is 0 Å². The van der Waals surface area contributed by atoms with Gasteiger partial charge >= 0.3 is 0 Å². The van der Waals surface area contributed by atoms with Gasteiger partial charge in [-0.15, -0.1) is 0 Å². The van der Waals surface area contributed by atoms with E-state index in [9.17, 15) is 9.59 Å². The minimum atomic E-state index is -0.304. The van der Waals surface area contributed by atoms with Crippen LogP contribution in [0.5, 0.6) is 0 Å². The average Bonchev–Trinajstić information content (AvgIpc) is 2.35. The van der Waals surface area contributed by atoms with Gasteiger partial charge < -0.3 is 16.0 Å². The average molecular weight is 234 g/mol. The first-order valence-corrected chi connectivity index (χ1v) is 5.38. The summed E-state index contributed by atoms with van der Waals surface area (Å²) in [7, 11) is 0. The fourth-order valence-electron chi connectivity index (χ4n) is 1.70. The second-order valence-corrected chi connectivity index (χ2v) is 4.00. The van der Waals surface area contributed by atoms with Crippen molar-refractivity contribution >= 4 is 23.2 Å². The fourth-order valence-corrected chi connectivity index (χ4v) is 1.70. The second kappa shape index (κ2) is 4.50. The number of carbonyl (C=O) groups is 2. The molecule has 6 nitrogen and oxygen atoms in total. The van der Waals surface area contributed by atoms with E-state index < -0.39 is 0 Å². The van der Waals surface area contributed by atoms with Crippen molar-refractivity contribution in [1.29, 1.82) is 0 Å². The van der Waals surface area contributed by atoms with Crippen molar-refractivity contribution in [3.05, 3.63) is 18.5 Å². The van der Waals surface area contributed by atoms with E-state index in [1.54, 1.807) is 19.2 Å². The van der Waals surface area contributed by atoms with Gasteiger partial charge in [-0.3, -0.25) is 14.6 Å². The zero-order valence-corrected chi connectivity index (χ0v) is 9.51. The maximum absolute atomic E-state index is 12.1. The Kier molecular flexibility index (Phi) is 3.06. The maximum Gasteiger partial charge on any atom is 0.244 e. The Bertz CT molecular complexity index is 461. The molecule has 0 aliphatic carbocycles. The van der Waals surface area contributed by atoms with Crippen molar-refractivity contribution in [3.8, 4) is 0 Å². The smallest absolute Gasteiger partial charge is 0.244 e. The summed E-state index contributed by atoms with van der Waals surface area (Å²) >= 11 is 0. The molecule has 0 bridgehead atoms. The van der Waals surface area contributed by atoms with Gasteiger partial charge in [0.1, 0.15) is 6.54 Å². The van der Waals surface area contributed by atoms with Crippen LogP contribution in [-0.4, -0.2) is 29.9 Å². The predicted octanol–water partition coefficient (Wildman–Crippen LogP) is -0.0385. The summed E-state index contributed by atoms with van der Waals surface area (Å²) in [5, 5.41) is 2.68. The highest BCUT2D eigenvalue weighted by atomic mass is 16.2. The molecule has 0 spiro atoms. The third-order valence-electron chi connectivity index (χ3n) is 2.71. The molecule has 0 fully saturated rings. The number of carbonyl (C=O) groups excluding carboxylic acids is 2. The number of anilines is 2. The third-order valence-corrected chi connectivity index (χ3v) is 2.71. The van der Waals surface area contributed by atoms with Gasteiger partial charge in [-0.05, 0) is 6.07 Å². The summed E-state index contributed by atoms with van der Waals surface area (Å²) in [6, 6.07) is 1.70. The molecule has 17 heavy (non-hydrogen) atoms. The first-order chi connectivity index (χ1) is 8.13. The van der Waals surface area contributed by atoms with Crippen LogP contribution in [0, 0.1) is 5.92 Å². The van der Waals surface area contributed by atoms with Crippen LogP contribution in [0.25, 0.3) is 0 Å². The zero-order valence-electron chi connectivity index (χ0n) is 9.51. The highest BCUT2D eigenvalue weighted by Gasteiger charge is 2.29. The Morgan fingerprint density at radius 3 is 3.18 bits per heavy atom. The zero-order chi connectivity index (χ0) is 12.4. The van der Waals surface area contributed by atoms with Crippen molar-refractivity contribution in [2.45, 2.75) is 6.92 Å². The van der Waals surface area contributed by atoms with Gasteiger partial charge in [-0.2, -0.15) is 0 Å². The highest BCUT2D eigenvalue weighted by molar-refractivity contribution is 6.10. The molecule has 2 amide bonds. The number of fused-ring (bicyclic) bond motifs is 1. The van der Waals surface area contributed by atoms with E-state index in [0.29, 0.717) is 11.4 Å². The second-order valence-electron chi connectivity index (χ2n) is 4.00. The number of nitrogens with zero attached hydrogens (tertiary/aromatic N) is 2. The largest absolute Gasteiger partial charge is 0.330 e. The van der Waals surface area contributed by atoms with Crippen LogP contribution < -0.4 is 16.0 Å². The van der Waals surface area contributed by atoms with Crippen LogP contribution in [0.15, 0.2) is 18.5 Å². The summed E-state index contributed by atoms with van der Waals surface area (Å²) in [4.78, 5) is 28.9. The molecule has 1 aromatic heterocycles. The van der Waals surface area contributed by atoms with Crippen LogP contribution >= 0.6 is 0 Å². The van der Waals surface area contributed by atoms with E-state index in [1.165, 1.54) is 11.1 Å². The Morgan fingerprint density at radius 1 is 1.71 bits per heavy atom. The van der Waals surface area contributed by atoms with E-state index in [0.717, 1.165) is 0 Å². The molecule has 2 heterocycles. The Balaban J connectivity index is 2.36. The molecule has 0 aromatic carbocycles. The molecule has 1 unspecified atom stereocenters. The molecule has 1 aliphatic heterocycles. The van der Waals surface area contributed by atoms with E-state index in [1.807, 2.05) is 0 Å². The van der Waals surface area contributed by atoms with Crippen molar-refractivity contribution in [3.63, 3.8) is 0 Å². The van der Waals surface area contributed by atoms with Crippen LogP contribution in [0.3, 0.4) is 0 Å². The number of hydrogen-bond donors (Lipinski definition) is 2. The lowest BCUT2D eigenvalue weighted by atomic mass is 10.1. The van der Waals surface area contributed by atoms with Crippen molar-refractivity contribution in [1.82, 2.24) is 4.98 Å². The number of aromatic nitrogens is 1. The molecule has 1 aliphatic rings. The lowest BCUT2D eigenvalue weighted by Crippen LogP contribution is -2.45. The molecule has 90 valence electrons. The molecule has 0 saturated heterocycles. The topological polar surface area (TPSA) is 88.3 Å². The molecule has 6 heteroatoms. The Labute approximate surface area is 98.8 Å². The van der Waals surface area contributed by atoms with Gasteiger partial charge in [0.25, 0.3) is 0 Å². The molecule has 1 atom stereocenters. The first-order valence-electron chi connectivity index (χ1n) is 5.38. The molecule has 2 rings (SSSR count). The van der Waals surface area contributed by atoms with E-state index in [-0.39, 0.29) is 30.8 Å². The summed E-state index contributed by atoms with van der Waals surface area (Å²) in [6.45, 7) is 2.03. The van der Waals surface area contributed by atoms with Crippen LogP contribution in [-0.2, 0) is 9.59 Å². The van der Waals surface area contributed by atoms with Gasteiger partial charge in [0.2, 0.25) is 11.8 Å². The van der Waals surface area contributed by atoms with Crippen molar-refractivity contribution in [2.75, 3.05) is 23.3 Å². The normalized spacial score (nSPS) is 16.1. The SMILES string of the molecule is CC(CN)C(=O)N1CC(=O)Nc2cnccc21. The van der Waals surface area contributed by atoms with Gasteiger partial charge in [0.15, 0.2) is 0 Å². The number of nitrogens with one attached hydrogen (secondary N) is 1. The maximum atomic E-state index is 12.1. The Morgan fingerprint density at radius 2 is 2.47 bits per heavy atom. The summed E-state index contributed by atoms with van der Waals surface area (Å²) in [6.07, 6.45) is 3.11. The molecular formula is C11H14N4O2. The monoisotopic (exact) mass is 234 g/mol.